The van der Waals surface area contributed by atoms with Gasteiger partial charge in [0.2, 0.25) is 0 Å². The molecular weight excluding hydrogens is 1170 g/mol. The lowest BCUT2D eigenvalue weighted by Gasteiger charge is -2.43. The second-order valence-corrected chi connectivity index (χ2v) is 27.3. The molecule has 3 fully saturated rings. The maximum Gasteiger partial charge on any atom is 0.347 e. The third-order valence-corrected chi connectivity index (χ3v) is 20.2. The van der Waals surface area contributed by atoms with E-state index in [1.807, 2.05) is 93.5 Å². The average Bonchev–Trinajstić information content (AvgIpc) is 0.747. The number of phenols is 4. The number of aromatic hydroxyl groups is 4. The molecule has 0 radical (unpaired) electrons. The van der Waals surface area contributed by atoms with Gasteiger partial charge in [0, 0.05) is 28.4 Å². The molecule has 6 aromatic carbocycles. The van der Waals surface area contributed by atoms with Crippen molar-refractivity contribution in [1.82, 2.24) is 0 Å². The minimum Gasteiger partial charge on any atom is -0.508 e. The number of rotatable bonds is 22. The smallest absolute Gasteiger partial charge is 0.347 e. The minimum atomic E-state index is -1.17. The zero-order valence-corrected chi connectivity index (χ0v) is 57.1. The third-order valence-electron chi connectivity index (χ3n) is 20.2. The number of benzene rings is 6. The Balaban J connectivity index is 1.26. The van der Waals surface area contributed by atoms with Crippen molar-refractivity contribution in [2.45, 2.75) is 234 Å². The Kier molecular flexibility index (Phi) is 22.3. The van der Waals surface area contributed by atoms with Gasteiger partial charge in [0.05, 0.1) is 0 Å². The van der Waals surface area contributed by atoms with Gasteiger partial charge in [0.15, 0.2) is 25.4 Å². The molecule has 0 bridgehead atoms. The third kappa shape index (κ3) is 15.8. The molecule has 0 aliphatic heterocycles. The molecule has 3 aliphatic rings. The number of carbonyl (C=O) groups is 4. The summed E-state index contributed by atoms with van der Waals surface area (Å²) in [4.78, 5) is 54.8. The van der Waals surface area contributed by atoms with Gasteiger partial charge in [0.1, 0.15) is 46.7 Å². The van der Waals surface area contributed by atoms with Crippen molar-refractivity contribution >= 4 is 23.9 Å². The standard InChI is InChI=1S/C79H98O14/c1-14-21-56-26-28-79(29-27-56,57-30-52(10)75(88-42-71(84)90-54(12)77(86)92-59-22-17-15-18-23-59)65(40-57)73(61-32-48(6)67(80)36-44(61)2)62-33-49(7)68(81)37-45(62)3)58-31-53(11)76(89-43-72(85)91-55(13)78(87)93-60-24-19-16-20-25-60)66(41-58)74(63-34-50(8)69(82)38-46(63)4)64-35-51(9)70(83)39-47(64)5/h30-41,54-56,59-60,73-74,80-83H,14-29,42-43H2,1-13H3. The number of phenolic OH excluding ortho intramolecular Hbond substituents is 4. The Bertz CT molecular complexity index is 3380. The summed E-state index contributed by atoms with van der Waals surface area (Å²) in [6.45, 7) is 23.5. The number of aryl methyl sites for hydroxylation is 10. The van der Waals surface area contributed by atoms with Crippen LogP contribution in [-0.2, 0) is 43.5 Å². The second kappa shape index (κ2) is 30.0. The SMILES string of the molecule is CCCC1CCC(c2cc(C)c(OCC(=O)OC(C)C(=O)OC3CCCCC3)c(C(c3cc(C)c(O)cc3C)c3cc(C)c(O)cc3C)c2)(c2cc(C)c(OCC(=O)OC(C)C(=O)OC3CCCCC3)c(C(c3cc(C)c(O)cc3C)c3cc(C)c(O)cc3C)c2)CC1. The Hall–Kier alpha value is -8.00. The van der Waals surface area contributed by atoms with Crippen LogP contribution in [0.5, 0.6) is 34.5 Å². The van der Waals surface area contributed by atoms with Gasteiger partial charge < -0.3 is 48.8 Å². The molecule has 93 heavy (non-hydrogen) atoms. The maximum atomic E-state index is 14.1. The molecule has 4 N–H and O–H groups in total. The first-order valence-corrected chi connectivity index (χ1v) is 33.8. The number of hydrogen-bond acceptors (Lipinski definition) is 14. The molecule has 0 saturated heterocycles. The largest absolute Gasteiger partial charge is 0.508 e. The zero-order valence-electron chi connectivity index (χ0n) is 57.1. The number of carbonyl (C=O) groups excluding carboxylic acids is 4. The van der Waals surface area contributed by atoms with Gasteiger partial charge in [-0.1, -0.05) is 81.1 Å². The van der Waals surface area contributed by atoms with Gasteiger partial charge in [-0.25, -0.2) is 19.2 Å². The molecule has 9 rings (SSSR count). The summed E-state index contributed by atoms with van der Waals surface area (Å²) in [7, 11) is 0. The highest BCUT2D eigenvalue weighted by atomic mass is 16.6. The molecule has 6 aromatic rings. The molecule has 0 aromatic heterocycles. The molecule has 3 aliphatic carbocycles. The normalized spacial score (nSPS) is 17.8. The van der Waals surface area contributed by atoms with Crippen molar-refractivity contribution in [3.05, 3.63) is 173 Å². The van der Waals surface area contributed by atoms with E-state index in [0.717, 1.165) is 181 Å². The van der Waals surface area contributed by atoms with E-state index >= 15 is 0 Å². The van der Waals surface area contributed by atoms with Crippen LogP contribution in [0.25, 0.3) is 0 Å². The molecule has 0 spiro atoms. The predicted molar refractivity (Wildman–Crippen MR) is 360 cm³/mol. The Labute approximate surface area is 550 Å². The zero-order chi connectivity index (χ0) is 67.2. The monoisotopic (exact) mass is 1270 g/mol. The van der Waals surface area contributed by atoms with Crippen LogP contribution in [0.3, 0.4) is 0 Å². The summed E-state index contributed by atoms with van der Waals surface area (Å²) >= 11 is 0. The first-order chi connectivity index (χ1) is 44.3. The molecule has 2 atom stereocenters. The molecule has 0 amide bonds. The fourth-order valence-corrected chi connectivity index (χ4v) is 14.8. The van der Waals surface area contributed by atoms with Gasteiger partial charge in [-0.05, 0) is 279 Å². The van der Waals surface area contributed by atoms with E-state index in [2.05, 4.69) is 31.2 Å². The molecule has 14 heteroatoms. The molecular formula is C79H98O14. The highest BCUT2D eigenvalue weighted by Crippen LogP contribution is 2.54. The van der Waals surface area contributed by atoms with Crippen LogP contribution in [-0.4, -0.2) is 81.9 Å². The van der Waals surface area contributed by atoms with E-state index < -0.39 is 66.5 Å². The van der Waals surface area contributed by atoms with Crippen LogP contribution >= 0.6 is 0 Å². The summed E-state index contributed by atoms with van der Waals surface area (Å²) in [5.74, 6) is -1.98. The van der Waals surface area contributed by atoms with Gasteiger partial charge in [-0.3, -0.25) is 0 Å². The Morgan fingerprint density at radius 2 is 0.742 bits per heavy atom. The van der Waals surface area contributed by atoms with Crippen LogP contribution in [0.1, 0.15) is 235 Å². The molecule has 498 valence electrons. The number of esters is 4. The summed E-state index contributed by atoms with van der Waals surface area (Å²) in [6, 6.07) is 23.8. The molecule has 14 nitrogen and oxygen atoms in total. The summed E-state index contributed by atoms with van der Waals surface area (Å²) in [5.41, 5.74) is 13.5. The fourth-order valence-electron chi connectivity index (χ4n) is 14.8. The Morgan fingerprint density at radius 1 is 0.419 bits per heavy atom. The quantitative estimate of drug-likeness (QED) is 0.0284. The van der Waals surface area contributed by atoms with Crippen molar-refractivity contribution in [2.75, 3.05) is 13.2 Å². The van der Waals surface area contributed by atoms with E-state index in [1.165, 1.54) is 13.8 Å². The second-order valence-electron chi connectivity index (χ2n) is 27.3. The van der Waals surface area contributed by atoms with Crippen molar-refractivity contribution in [3.8, 4) is 34.5 Å². The summed E-state index contributed by atoms with van der Waals surface area (Å²) < 4.78 is 36.8. The van der Waals surface area contributed by atoms with E-state index in [4.69, 9.17) is 28.4 Å². The summed E-state index contributed by atoms with van der Waals surface area (Å²) in [5, 5.41) is 45.0. The van der Waals surface area contributed by atoms with Crippen molar-refractivity contribution in [2.24, 2.45) is 5.92 Å². The van der Waals surface area contributed by atoms with E-state index in [9.17, 15) is 39.6 Å². The molecule has 3 saturated carbocycles. The lowest BCUT2D eigenvalue weighted by Crippen LogP contribution is -2.34. The number of ether oxygens (including phenoxy) is 6. The predicted octanol–water partition coefficient (Wildman–Crippen LogP) is 16.6. The van der Waals surface area contributed by atoms with Crippen molar-refractivity contribution < 1.29 is 68.0 Å². The topological polar surface area (TPSA) is 205 Å². The van der Waals surface area contributed by atoms with Crippen LogP contribution in [0.4, 0.5) is 0 Å². The summed E-state index contributed by atoms with van der Waals surface area (Å²) in [6.07, 6.45) is 11.8. The van der Waals surface area contributed by atoms with Crippen LogP contribution < -0.4 is 9.47 Å². The first-order valence-electron chi connectivity index (χ1n) is 33.8. The van der Waals surface area contributed by atoms with Gasteiger partial charge in [-0.2, -0.15) is 0 Å². The minimum absolute atomic E-state index is 0.143. The van der Waals surface area contributed by atoms with Crippen LogP contribution in [0, 0.1) is 75.2 Å². The van der Waals surface area contributed by atoms with Gasteiger partial charge in [-0.15, -0.1) is 0 Å². The van der Waals surface area contributed by atoms with E-state index in [1.54, 1.807) is 24.3 Å². The fraction of sp³-hybridized carbons (Fsp3) is 0.494. The van der Waals surface area contributed by atoms with Crippen molar-refractivity contribution in [1.29, 1.82) is 0 Å². The highest BCUT2D eigenvalue weighted by Gasteiger charge is 2.42. The van der Waals surface area contributed by atoms with E-state index in [0.29, 0.717) is 39.7 Å². The van der Waals surface area contributed by atoms with Gasteiger partial charge in [0.25, 0.3) is 0 Å². The lowest BCUT2D eigenvalue weighted by molar-refractivity contribution is -0.172. The highest BCUT2D eigenvalue weighted by molar-refractivity contribution is 5.81. The Morgan fingerprint density at radius 3 is 1.05 bits per heavy atom. The first kappa shape index (κ1) is 69.3. The average molecular weight is 1270 g/mol. The molecule has 2 unspecified atom stereocenters. The molecule has 0 heterocycles. The van der Waals surface area contributed by atoms with Crippen molar-refractivity contribution in [3.63, 3.8) is 0 Å². The van der Waals surface area contributed by atoms with Crippen LogP contribution in [0.2, 0.25) is 0 Å². The maximum absolute atomic E-state index is 14.1. The van der Waals surface area contributed by atoms with Gasteiger partial charge >= 0.3 is 23.9 Å². The number of hydrogen-bond donors (Lipinski definition) is 4. The van der Waals surface area contributed by atoms with E-state index in [-0.39, 0.29) is 35.2 Å². The lowest BCUT2D eigenvalue weighted by atomic mass is 9.61. The van der Waals surface area contributed by atoms with Crippen LogP contribution in [0.15, 0.2) is 72.8 Å².